The van der Waals surface area contributed by atoms with E-state index in [1.165, 1.54) is 12.8 Å². The number of aliphatic hydroxyl groups is 1. The molecule has 0 radical (unpaired) electrons. The first-order chi connectivity index (χ1) is 7.76. The Kier molecular flexibility index (Phi) is 4.99. The monoisotopic (exact) mass is 243 g/mol. The summed E-state index contributed by atoms with van der Waals surface area (Å²) in [5.41, 5.74) is -0.224. The molecule has 0 amide bonds. The van der Waals surface area contributed by atoms with Crippen LogP contribution in [0.2, 0.25) is 0 Å². The van der Waals surface area contributed by atoms with Crippen molar-refractivity contribution in [2.45, 2.75) is 58.6 Å². The Bertz CT molecular complexity index is 238. The van der Waals surface area contributed by atoms with Crippen LogP contribution in [0.15, 0.2) is 0 Å². The summed E-state index contributed by atoms with van der Waals surface area (Å²) in [5, 5.41) is 13.7. The Morgan fingerprint density at radius 2 is 2.06 bits per heavy atom. The van der Waals surface area contributed by atoms with Gasteiger partial charge in [0.05, 0.1) is 5.60 Å². The van der Waals surface area contributed by atoms with Crippen molar-refractivity contribution in [2.24, 2.45) is 11.3 Å². The summed E-state index contributed by atoms with van der Waals surface area (Å²) < 4.78 is 5.02. The zero-order chi connectivity index (χ0) is 13.1. The van der Waals surface area contributed by atoms with Crippen molar-refractivity contribution in [1.29, 1.82) is 0 Å². The van der Waals surface area contributed by atoms with Crippen LogP contribution >= 0.6 is 0 Å². The third kappa shape index (κ3) is 4.94. The van der Waals surface area contributed by atoms with E-state index in [-0.39, 0.29) is 0 Å². The van der Waals surface area contributed by atoms with Crippen LogP contribution in [0.5, 0.6) is 0 Å². The van der Waals surface area contributed by atoms with Crippen LogP contribution in [0.25, 0.3) is 0 Å². The quantitative estimate of drug-likeness (QED) is 0.751. The standard InChI is InChI=1S/C14H29NO2/c1-11-8-13(2,3)9-12(11)15-10-14(4,16)6-7-17-5/h11-12,15-16H,6-10H2,1-5H3/t11-,12-,14-/m0/s1. The van der Waals surface area contributed by atoms with Crippen molar-refractivity contribution in [3.05, 3.63) is 0 Å². The second-order valence-electron chi connectivity index (χ2n) is 6.78. The molecule has 0 aromatic heterocycles. The summed E-state index contributed by atoms with van der Waals surface area (Å²) >= 11 is 0. The van der Waals surface area contributed by atoms with E-state index in [4.69, 9.17) is 4.74 Å². The van der Waals surface area contributed by atoms with E-state index < -0.39 is 5.60 Å². The minimum atomic E-state index is -0.664. The van der Waals surface area contributed by atoms with E-state index in [9.17, 15) is 5.11 Å². The summed E-state index contributed by atoms with van der Waals surface area (Å²) in [6.45, 7) is 10.1. The number of ether oxygens (including phenoxy) is 1. The molecule has 1 aliphatic rings. The molecule has 0 unspecified atom stereocenters. The Balaban J connectivity index is 2.35. The van der Waals surface area contributed by atoms with Crippen molar-refractivity contribution in [3.63, 3.8) is 0 Å². The van der Waals surface area contributed by atoms with Gasteiger partial charge >= 0.3 is 0 Å². The maximum absolute atomic E-state index is 10.2. The van der Waals surface area contributed by atoms with Crippen LogP contribution < -0.4 is 5.32 Å². The van der Waals surface area contributed by atoms with E-state index in [1.54, 1.807) is 7.11 Å². The van der Waals surface area contributed by atoms with Crippen LogP contribution in [-0.4, -0.2) is 37.0 Å². The van der Waals surface area contributed by atoms with Gasteiger partial charge in [0, 0.05) is 32.7 Å². The summed E-state index contributed by atoms with van der Waals surface area (Å²) in [5.74, 6) is 0.697. The van der Waals surface area contributed by atoms with Crippen LogP contribution in [0.1, 0.15) is 47.0 Å². The topological polar surface area (TPSA) is 41.5 Å². The van der Waals surface area contributed by atoms with E-state index in [1.807, 2.05) is 6.92 Å². The summed E-state index contributed by atoms with van der Waals surface area (Å²) in [6, 6.07) is 0.541. The first kappa shape index (κ1) is 14.9. The average molecular weight is 243 g/mol. The molecule has 3 atom stereocenters. The predicted molar refractivity (Wildman–Crippen MR) is 71.1 cm³/mol. The third-order valence-electron chi connectivity index (χ3n) is 3.92. The molecule has 0 aromatic carbocycles. The lowest BCUT2D eigenvalue weighted by atomic mass is 9.91. The molecule has 1 saturated carbocycles. The van der Waals surface area contributed by atoms with Crippen molar-refractivity contribution in [1.82, 2.24) is 5.32 Å². The molecule has 0 aliphatic heterocycles. The van der Waals surface area contributed by atoms with Crippen LogP contribution in [0, 0.1) is 11.3 Å². The molecule has 102 valence electrons. The van der Waals surface area contributed by atoms with Gasteiger partial charge in [0.25, 0.3) is 0 Å². The molecule has 0 heterocycles. The Morgan fingerprint density at radius 1 is 1.41 bits per heavy atom. The molecule has 0 spiro atoms. The fraction of sp³-hybridized carbons (Fsp3) is 1.00. The van der Waals surface area contributed by atoms with E-state index in [0.717, 1.165) is 0 Å². The van der Waals surface area contributed by atoms with Gasteiger partial charge in [0.2, 0.25) is 0 Å². The van der Waals surface area contributed by atoms with Crippen LogP contribution in [-0.2, 0) is 4.74 Å². The summed E-state index contributed by atoms with van der Waals surface area (Å²) in [4.78, 5) is 0. The fourth-order valence-electron chi connectivity index (χ4n) is 2.93. The smallest absolute Gasteiger partial charge is 0.0765 e. The van der Waals surface area contributed by atoms with E-state index >= 15 is 0 Å². The molecule has 1 aliphatic carbocycles. The van der Waals surface area contributed by atoms with Gasteiger partial charge in [-0.05, 0) is 31.1 Å². The number of hydrogen-bond acceptors (Lipinski definition) is 3. The van der Waals surface area contributed by atoms with Gasteiger partial charge < -0.3 is 15.2 Å². The third-order valence-corrected chi connectivity index (χ3v) is 3.92. The summed E-state index contributed by atoms with van der Waals surface area (Å²) in [7, 11) is 1.67. The number of hydrogen-bond donors (Lipinski definition) is 2. The normalized spacial score (nSPS) is 31.4. The van der Waals surface area contributed by atoms with Crippen molar-refractivity contribution in [2.75, 3.05) is 20.3 Å². The van der Waals surface area contributed by atoms with Gasteiger partial charge in [-0.3, -0.25) is 0 Å². The molecular weight excluding hydrogens is 214 g/mol. The Labute approximate surface area is 106 Å². The number of rotatable bonds is 6. The van der Waals surface area contributed by atoms with Crippen LogP contribution in [0.4, 0.5) is 0 Å². The van der Waals surface area contributed by atoms with Gasteiger partial charge in [0.1, 0.15) is 0 Å². The zero-order valence-electron chi connectivity index (χ0n) is 12.0. The Hall–Kier alpha value is -0.120. The highest BCUT2D eigenvalue weighted by molar-refractivity contribution is 4.92. The number of methoxy groups -OCH3 is 1. The molecule has 1 fully saturated rings. The van der Waals surface area contributed by atoms with E-state index in [0.29, 0.717) is 36.9 Å². The lowest BCUT2D eigenvalue weighted by Crippen LogP contribution is -2.44. The van der Waals surface area contributed by atoms with Gasteiger partial charge in [-0.25, -0.2) is 0 Å². The van der Waals surface area contributed by atoms with Gasteiger partial charge in [0.15, 0.2) is 0 Å². The lowest BCUT2D eigenvalue weighted by molar-refractivity contribution is 0.0218. The average Bonchev–Trinajstić information content (AvgIpc) is 2.46. The fourth-order valence-corrected chi connectivity index (χ4v) is 2.93. The summed E-state index contributed by atoms with van der Waals surface area (Å²) in [6.07, 6.45) is 3.15. The molecule has 2 N–H and O–H groups in total. The molecule has 17 heavy (non-hydrogen) atoms. The molecule has 3 nitrogen and oxygen atoms in total. The molecule has 3 heteroatoms. The van der Waals surface area contributed by atoms with Crippen molar-refractivity contribution < 1.29 is 9.84 Å². The van der Waals surface area contributed by atoms with E-state index in [2.05, 4.69) is 26.1 Å². The maximum Gasteiger partial charge on any atom is 0.0765 e. The van der Waals surface area contributed by atoms with Gasteiger partial charge in [-0.15, -0.1) is 0 Å². The first-order valence-electron chi connectivity index (χ1n) is 6.70. The highest BCUT2D eigenvalue weighted by atomic mass is 16.5. The molecular formula is C14H29NO2. The second kappa shape index (κ2) is 5.68. The van der Waals surface area contributed by atoms with Crippen molar-refractivity contribution in [3.8, 4) is 0 Å². The minimum Gasteiger partial charge on any atom is -0.389 e. The maximum atomic E-state index is 10.2. The molecule has 0 aromatic rings. The van der Waals surface area contributed by atoms with Crippen LogP contribution in [0.3, 0.4) is 0 Å². The lowest BCUT2D eigenvalue weighted by Gasteiger charge is -2.27. The number of nitrogens with one attached hydrogen (secondary N) is 1. The highest BCUT2D eigenvalue weighted by Gasteiger charge is 2.37. The first-order valence-corrected chi connectivity index (χ1v) is 6.70. The predicted octanol–water partition coefficient (Wildman–Crippen LogP) is 2.19. The highest BCUT2D eigenvalue weighted by Crippen LogP contribution is 2.40. The SMILES string of the molecule is COCC[C@](C)(O)CN[C@H]1CC(C)(C)C[C@@H]1C. The molecule has 1 rings (SSSR count). The zero-order valence-corrected chi connectivity index (χ0v) is 12.0. The van der Waals surface area contributed by atoms with Gasteiger partial charge in [-0.2, -0.15) is 0 Å². The van der Waals surface area contributed by atoms with Crippen molar-refractivity contribution >= 4 is 0 Å². The largest absolute Gasteiger partial charge is 0.389 e. The van der Waals surface area contributed by atoms with Gasteiger partial charge in [-0.1, -0.05) is 20.8 Å². The second-order valence-corrected chi connectivity index (χ2v) is 6.78. The Morgan fingerprint density at radius 3 is 2.53 bits per heavy atom. The minimum absolute atomic E-state index is 0.440. The molecule has 0 saturated heterocycles. The molecule has 0 bridgehead atoms.